The molecule has 2 rings (SSSR count). The number of piperidine rings is 1. The van der Waals surface area contributed by atoms with Crippen LogP contribution in [0.5, 0.6) is 11.5 Å². The van der Waals surface area contributed by atoms with Crippen molar-refractivity contribution in [3.8, 4) is 11.5 Å². The van der Waals surface area contributed by atoms with Crippen LogP contribution in [0.3, 0.4) is 0 Å². The molecule has 4 nitrogen and oxygen atoms in total. The summed E-state index contributed by atoms with van der Waals surface area (Å²) in [7, 11) is 3.25. The van der Waals surface area contributed by atoms with Crippen LogP contribution in [0.2, 0.25) is 0 Å². The summed E-state index contributed by atoms with van der Waals surface area (Å²) in [5.74, 6) is 2.33. The summed E-state index contributed by atoms with van der Waals surface area (Å²) < 4.78 is 10.5. The van der Waals surface area contributed by atoms with Gasteiger partial charge in [-0.05, 0) is 42.9 Å². The average Bonchev–Trinajstić information content (AvgIpc) is 2.52. The smallest absolute Gasteiger partial charge is 0.222 e. The van der Waals surface area contributed by atoms with Crippen LogP contribution < -0.4 is 9.47 Å². The summed E-state index contributed by atoms with van der Waals surface area (Å²) in [5.41, 5.74) is 1.10. The van der Waals surface area contributed by atoms with Crippen LogP contribution in [-0.2, 0) is 11.2 Å². The van der Waals surface area contributed by atoms with Gasteiger partial charge in [-0.15, -0.1) is 0 Å². The van der Waals surface area contributed by atoms with E-state index in [4.69, 9.17) is 9.47 Å². The van der Waals surface area contributed by atoms with Gasteiger partial charge in [-0.25, -0.2) is 0 Å². The minimum Gasteiger partial charge on any atom is -0.493 e. The van der Waals surface area contributed by atoms with Crippen molar-refractivity contribution in [2.24, 2.45) is 5.92 Å². The molecule has 0 spiro atoms. The summed E-state index contributed by atoms with van der Waals surface area (Å²) in [6.45, 7) is 4.04. The molecule has 1 saturated heterocycles. The summed E-state index contributed by atoms with van der Waals surface area (Å²) in [4.78, 5) is 14.3. The molecule has 0 aromatic heterocycles. The second kappa shape index (κ2) is 7.34. The molecule has 0 bridgehead atoms. The highest BCUT2D eigenvalue weighted by atomic mass is 16.5. The molecular formula is C17H25NO3. The number of aryl methyl sites for hydroxylation is 1. The van der Waals surface area contributed by atoms with Gasteiger partial charge < -0.3 is 14.4 Å². The van der Waals surface area contributed by atoms with E-state index in [0.29, 0.717) is 18.1 Å². The van der Waals surface area contributed by atoms with Crippen molar-refractivity contribution in [2.75, 3.05) is 27.3 Å². The van der Waals surface area contributed by atoms with Gasteiger partial charge in [0, 0.05) is 19.5 Å². The second-order valence-electron chi connectivity index (χ2n) is 5.78. The molecule has 0 N–H and O–H groups in total. The van der Waals surface area contributed by atoms with Gasteiger partial charge in [-0.1, -0.05) is 13.0 Å². The first-order chi connectivity index (χ1) is 10.1. The first-order valence-electron chi connectivity index (χ1n) is 7.62. The zero-order valence-corrected chi connectivity index (χ0v) is 13.2. The van der Waals surface area contributed by atoms with Crippen LogP contribution >= 0.6 is 0 Å². The van der Waals surface area contributed by atoms with E-state index in [0.717, 1.165) is 37.2 Å². The topological polar surface area (TPSA) is 38.8 Å². The third kappa shape index (κ3) is 4.13. The van der Waals surface area contributed by atoms with Crippen molar-refractivity contribution in [3.05, 3.63) is 23.8 Å². The van der Waals surface area contributed by atoms with Crippen molar-refractivity contribution in [3.63, 3.8) is 0 Å². The lowest BCUT2D eigenvalue weighted by Gasteiger charge is -2.31. The van der Waals surface area contributed by atoms with E-state index in [9.17, 15) is 4.79 Å². The van der Waals surface area contributed by atoms with Crippen molar-refractivity contribution in [1.82, 2.24) is 4.90 Å². The lowest BCUT2D eigenvalue weighted by Crippen LogP contribution is -2.39. The van der Waals surface area contributed by atoms with E-state index in [1.165, 1.54) is 6.42 Å². The molecule has 1 aliphatic heterocycles. The summed E-state index contributed by atoms with van der Waals surface area (Å²) in [6, 6.07) is 5.83. The van der Waals surface area contributed by atoms with Crippen LogP contribution in [0.25, 0.3) is 0 Å². The molecule has 1 atom stereocenters. The Morgan fingerprint density at radius 1 is 1.29 bits per heavy atom. The third-order valence-corrected chi connectivity index (χ3v) is 4.09. The monoisotopic (exact) mass is 291 g/mol. The quantitative estimate of drug-likeness (QED) is 0.837. The number of ether oxygens (including phenoxy) is 2. The minimum atomic E-state index is 0.260. The lowest BCUT2D eigenvalue weighted by molar-refractivity contribution is -0.132. The molecule has 21 heavy (non-hydrogen) atoms. The van der Waals surface area contributed by atoms with Crippen molar-refractivity contribution < 1.29 is 14.3 Å². The SMILES string of the molecule is COc1ccc(CCC(=O)N2CCCC(C)C2)cc1OC. The fourth-order valence-corrected chi connectivity index (χ4v) is 2.86. The number of amides is 1. The van der Waals surface area contributed by atoms with Gasteiger partial charge in [0.1, 0.15) is 0 Å². The molecule has 1 aromatic carbocycles. The molecule has 0 radical (unpaired) electrons. The maximum absolute atomic E-state index is 12.3. The number of carbonyl (C=O) groups is 1. The van der Waals surface area contributed by atoms with Crippen LogP contribution in [0, 0.1) is 5.92 Å². The van der Waals surface area contributed by atoms with Gasteiger partial charge in [0.15, 0.2) is 11.5 Å². The van der Waals surface area contributed by atoms with E-state index in [1.807, 2.05) is 23.1 Å². The average molecular weight is 291 g/mol. The van der Waals surface area contributed by atoms with Crippen molar-refractivity contribution in [1.29, 1.82) is 0 Å². The van der Waals surface area contributed by atoms with Crippen LogP contribution in [0.4, 0.5) is 0 Å². The highest BCUT2D eigenvalue weighted by Gasteiger charge is 2.20. The number of methoxy groups -OCH3 is 2. The van der Waals surface area contributed by atoms with E-state index < -0.39 is 0 Å². The first kappa shape index (κ1) is 15.7. The van der Waals surface area contributed by atoms with Crippen molar-refractivity contribution in [2.45, 2.75) is 32.6 Å². The largest absolute Gasteiger partial charge is 0.493 e. The Morgan fingerprint density at radius 2 is 2.05 bits per heavy atom. The van der Waals surface area contributed by atoms with Gasteiger partial charge in [0.25, 0.3) is 0 Å². The fraction of sp³-hybridized carbons (Fsp3) is 0.588. The standard InChI is InChI=1S/C17H25NO3/c1-13-5-4-10-18(12-13)17(19)9-7-14-6-8-15(20-2)16(11-14)21-3/h6,8,11,13H,4-5,7,9-10,12H2,1-3H3. The molecule has 4 heteroatoms. The van der Waals surface area contributed by atoms with E-state index in [-0.39, 0.29) is 5.91 Å². The molecule has 116 valence electrons. The number of rotatable bonds is 5. The molecular weight excluding hydrogens is 266 g/mol. The summed E-state index contributed by atoms with van der Waals surface area (Å²) in [6.07, 6.45) is 3.66. The van der Waals surface area contributed by atoms with Crippen LogP contribution in [0.15, 0.2) is 18.2 Å². The Kier molecular flexibility index (Phi) is 5.48. The molecule has 1 unspecified atom stereocenters. The number of likely N-dealkylation sites (tertiary alicyclic amines) is 1. The molecule has 1 fully saturated rings. The van der Waals surface area contributed by atoms with Gasteiger partial charge >= 0.3 is 0 Å². The number of benzene rings is 1. The lowest BCUT2D eigenvalue weighted by atomic mass is 9.99. The fourth-order valence-electron chi connectivity index (χ4n) is 2.86. The van der Waals surface area contributed by atoms with Gasteiger partial charge in [0.2, 0.25) is 5.91 Å². The number of hydrogen-bond acceptors (Lipinski definition) is 3. The highest BCUT2D eigenvalue weighted by Crippen LogP contribution is 2.28. The summed E-state index contributed by atoms with van der Waals surface area (Å²) in [5, 5.41) is 0. The number of nitrogens with zero attached hydrogens (tertiary/aromatic N) is 1. The van der Waals surface area contributed by atoms with Gasteiger partial charge in [-0.3, -0.25) is 4.79 Å². The maximum atomic E-state index is 12.3. The predicted octanol–water partition coefficient (Wildman–Crippen LogP) is 2.89. The maximum Gasteiger partial charge on any atom is 0.222 e. The second-order valence-corrected chi connectivity index (χ2v) is 5.78. The molecule has 0 saturated carbocycles. The molecule has 0 aliphatic carbocycles. The number of hydrogen-bond donors (Lipinski definition) is 0. The third-order valence-electron chi connectivity index (χ3n) is 4.09. The Hall–Kier alpha value is -1.71. The molecule has 1 amide bonds. The molecule has 1 aliphatic rings. The van der Waals surface area contributed by atoms with Gasteiger partial charge in [-0.2, -0.15) is 0 Å². The van der Waals surface area contributed by atoms with Gasteiger partial charge in [0.05, 0.1) is 14.2 Å². The van der Waals surface area contributed by atoms with Crippen LogP contribution in [0.1, 0.15) is 31.7 Å². The van der Waals surface area contributed by atoms with E-state index in [2.05, 4.69) is 6.92 Å². The Labute approximate surface area is 127 Å². The van der Waals surface area contributed by atoms with Crippen LogP contribution in [-0.4, -0.2) is 38.1 Å². The minimum absolute atomic E-state index is 0.260. The normalized spacial score (nSPS) is 18.4. The number of carbonyl (C=O) groups excluding carboxylic acids is 1. The zero-order chi connectivity index (χ0) is 15.2. The van der Waals surface area contributed by atoms with E-state index >= 15 is 0 Å². The Balaban J connectivity index is 1.91. The van der Waals surface area contributed by atoms with Crippen molar-refractivity contribution >= 4 is 5.91 Å². The zero-order valence-electron chi connectivity index (χ0n) is 13.2. The summed E-state index contributed by atoms with van der Waals surface area (Å²) >= 11 is 0. The Morgan fingerprint density at radius 3 is 2.71 bits per heavy atom. The molecule has 1 aromatic rings. The van der Waals surface area contributed by atoms with E-state index in [1.54, 1.807) is 14.2 Å². The Bertz CT molecular complexity index is 487. The molecule has 1 heterocycles. The predicted molar refractivity (Wildman–Crippen MR) is 82.8 cm³/mol. The highest BCUT2D eigenvalue weighted by molar-refractivity contribution is 5.76. The first-order valence-corrected chi connectivity index (χ1v) is 7.62.